The molecule has 1 unspecified atom stereocenters. The SMILES string of the molecule is CC/C=C\C/C=C\C/C=C\C/C=C\CCCCCCCCCCCCCCCCCCC(=O)OCC(COC(=O)CCCCCCCCC)OC(=O)CCCCCCCC/C=C\C/C=C\C/C=C\C/C=C\CC. The molecule has 6 heteroatoms. The number of carbonyl (C=O) groups excluding carboxylic acids is 3. The van der Waals surface area contributed by atoms with Gasteiger partial charge in [-0.1, -0.05) is 272 Å². The van der Waals surface area contributed by atoms with Gasteiger partial charge in [0.25, 0.3) is 0 Å². The Morgan fingerprint density at radius 2 is 0.534 bits per heavy atom. The zero-order valence-electron chi connectivity index (χ0n) is 47.9. The average molecular weight is 1020 g/mol. The largest absolute Gasteiger partial charge is 0.462 e. The fourth-order valence-corrected chi connectivity index (χ4v) is 8.54. The van der Waals surface area contributed by atoms with Crippen molar-refractivity contribution in [1.29, 1.82) is 0 Å². The maximum Gasteiger partial charge on any atom is 0.306 e. The molecule has 0 heterocycles. The highest BCUT2D eigenvalue weighted by molar-refractivity contribution is 5.71. The third kappa shape index (κ3) is 59.1. The van der Waals surface area contributed by atoms with E-state index in [4.69, 9.17) is 14.2 Å². The van der Waals surface area contributed by atoms with Crippen LogP contribution in [-0.2, 0) is 28.6 Å². The number of ether oxygens (including phenoxy) is 3. The molecule has 0 fully saturated rings. The van der Waals surface area contributed by atoms with Gasteiger partial charge in [0.15, 0.2) is 6.10 Å². The van der Waals surface area contributed by atoms with Crippen molar-refractivity contribution in [1.82, 2.24) is 0 Å². The number of rotatable bonds is 55. The third-order valence-corrected chi connectivity index (χ3v) is 13.1. The molecule has 0 bridgehead atoms. The molecule has 0 saturated carbocycles. The molecule has 0 aromatic heterocycles. The quantitative estimate of drug-likeness (QED) is 0.0261. The first-order chi connectivity index (χ1) is 36.0. The second kappa shape index (κ2) is 60.9. The van der Waals surface area contributed by atoms with E-state index in [2.05, 4.69) is 118 Å². The molecular formula is C67H114O6. The fourth-order valence-electron chi connectivity index (χ4n) is 8.54. The molecule has 418 valence electrons. The van der Waals surface area contributed by atoms with E-state index in [1.807, 2.05) is 0 Å². The lowest BCUT2D eigenvalue weighted by Gasteiger charge is -2.18. The van der Waals surface area contributed by atoms with Gasteiger partial charge < -0.3 is 14.2 Å². The van der Waals surface area contributed by atoms with E-state index in [-0.39, 0.29) is 31.1 Å². The number of unbranched alkanes of at least 4 members (excludes halogenated alkanes) is 28. The van der Waals surface area contributed by atoms with E-state index >= 15 is 0 Å². The Morgan fingerprint density at radius 3 is 0.836 bits per heavy atom. The minimum absolute atomic E-state index is 0.0810. The molecule has 6 nitrogen and oxygen atoms in total. The van der Waals surface area contributed by atoms with Gasteiger partial charge in [0.05, 0.1) is 0 Å². The number of esters is 3. The molecule has 0 N–H and O–H groups in total. The van der Waals surface area contributed by atoms with Crippen molar-refractivity contribution in [3.05, 3.63) is 97.2 Å². The van der Waals surface area contributed by atoms with Crippen LogP contribution in [0.2, 0.25) is 0 Å². The first kappa shape index (κ1) is 69.3. The van der Waals surface area contributed by atoms with Crippen LogP contribution in [0.25, 0.3) is 0 Å². The van der Waals surface area contributed by atoms with Gasteiger partial charge in [-0.15, -0.1) is 0 Å². The Hall–Kier alpha value is -3.67. The summed E-state index contributed by atoms with van der Waals surface area (Å²) in [5, 5.41) is 0. The lowest BCUT2D eigenvalue weighted by Crippen LogP contribution is -2.30. The van der Waals surface area contributed by atoms with Crippen molar-refractivity contribution < 1.29 is 28.6 Å². The van der Waals surface area contributed by atoms with Crippen LogP contribution in [-0.4, -0.2) is 37.2 Å². The van der Waals surface area contributed by atoms with E-state index in [0.717, 1.165) is 122 Å². The highest BCUT2D eigenvalue weighted by atomic mass is 16.6. The molecule has 0 amide bonds. The summed E-state index contributed by atoms with van der Waals surface area (Å²) in [5.41, 5.74) is 0. The molecule has 0 aliphatic rings. The maximum absolute atomic E-state index is 12.8. The molecule has 0 aliphatic carbocycles. The molecular weight excluding hydrogens is 901 g/mol. The standard InChI is InChI=1S/C67H114O6/c1-4-7-10-13-16-18-20-22-24-26-28-29-30-31-32-33-34-35-36-37-39-40-42-44-46-48-51-54-57-60-66(69)72-63-64(62-71-65(68)59-56-53-50-15-12-9-6-3)73-67(70)61-58-55-52-49-47-45-43-41-38-27-25-23-21-19-17-14-11-8-5-2/h7-8,10-11,16-19,22-25,28-29,38,41,64H,4-6,9,12-15,20-21,26-27,30-37,39-40,42-63H2,1-3H3/b10-7-,11-8-,18-16-,19-17-,24-22-,25-23-,29-28-,41-38-. The number of hydrogen-bond acceptors (Lipinski definition) is 6. The molecule has 0 aromatic rings. The summed E-state index contributed by atoms with van der Waals surface area (Å²) < 4.78 is 16.8. The number of carbonyl (C=O) groups is 3. The van der Waals surface area contributed by atoms with Crippen molar-refractivity contribution in [3.63, 3.8) is 0 Å². The molecule has 0 aliphatic heterocycles. The molecule has 0 radical (unpaired) electrons. The van der Waals surface area contributed by atoms with Gasteiger partial charge in [-0.3, -0.25) is 14.4 Å². The van der Waals surface area contributed by atoms with Crippen LogP contribution in [0.4, 0.5) is 0 Å². The lowest BCUT2D eigenvalue weighted by molar-refractivity contribution is -0.167. The van der Waals surface area contributed by atoms with Crippen LogP contribution >= 0.6 is 0 Å². The van der Waals surface area contributed by atoms with Crippen LogP contribution in [0.3, 0.4) is 0 Å². The van der Waals surface area contributed by atoms with Crippen molar-refractivity contribution in [3.8, 4) is 0 Å². The summed E-state index contributed by atoms with van der Waals surface area (Å²) in [4.78, 5) is 38.0. The van der Waals surface area contributed by atoms with Crippen molar-refractivity contribution in [2.75, 3.05) is 13.2 Å². The molecule has 0 rings (SSSR count). The first-order valence-electron chi connectivity index (χ1n) is 30.7. The molecule has 0 saturated heterocycles. The van der Waals surface area contributed by atoms with Crippen LogP contribution in [0.15, 0.2) is 97.2 Å². The Bertz CT molecular complexity index is 1440. The summed E-state index contributed by atoms with van der Waals surface area (Å²) in [7, 11) is 0. The van der Waals surface area contributed by atoms with Crippen molar-refractivity contribution in [2.24, 2.45) is 0 Å². The Balaban J connectivity index is 4.11. The third-order valence-electron chi connectivity index (χ3n) is 13.1. The van der Waals surface area contributed by atoms with Gasteiger partial charge in [-0.2, -0.15) is 0 Å². The van der Waals surface area contributed by atoms with Crippen molar-refractivity contribution >= 4 is 17.9 Å². The highest BCUT2D eigenvalue weighted by Gasteiger charge is 2.19. The van der Waals surface area contributed by atoms with Gasteiger partial charge in [-0.05, 0) is 96.3 Å². The van der Waals surface area contributed by atoms with E-state index in [1.54, 1.807) is 0 Å². The smallest absolute Gasteiger partial charge is 0.306 e. The zero-order valence-corrected chi connectivity index (χ0v) is 47.9. The van der Waals surface area contributed by atoms with E-state index in [0.29, 0.717) is 19.3 Å². The van der Waals surface area contributed by atoms with Crippen LogP contribution in [0.1, 0.15) is 290 Å². The molecule has 0 spiro atoms. The highest BCUT2D eigenvalue weighted by Crippen LogP contribution is 2.16. The molecule has 0 aromatic carbocycles. The second-order valence-electron chi connectivity index (χ2n) is 20.2. The van der Waals surface area contributed by atoms with Gasteiger partial charge in [0.2, 0.25) is 0 Å². The Morgan fingerprint density at radius 1 is 0.288 bits per heavy atom. The summed E-state index contributed by atoms with van der Waals surface area (Å²) in [5.74, 6) is -0.895. The van der Waals surface area contributed by atoms with Crippen molar-refractivity contribution in [2.45, 2.75) is 297 Å². The second-order valence-corrected chi connectivity index (χ2v) is 20.2. The van der Waals surface area contributed by atoms with Crippen LogP contribution in [0, 0.1) is 0 Å². The summed E-state index contributed by atoms with van der Waals surface area (Å²) >= 11 is 0. The normalized spacial score (nSPS) is 12.8. The fraction of sp³-hybridized carbons (Fsp3) is 0.716. The van der Waals surface area contributed by atoms with Crippen LogP contribution in [0.5, 0.6) is 0 Å². The van der Waals surface area contributed by atoms with E-state index < -0.39 is 6.10 Å². The van der Waals surface area contributed by atoms with Gasteiger partial charge in [0.1, 0.15) is 13.2 Å². The van der Waals surface area contributed by atoms with Crippen LogP contribution < -0.4 is 0 Å². The minimum Gasteiger partial charge on any atom is -0.462 e. The summed E-state index contributed by atoms with van der Waals surface area (Å²) in [6.07, 6.45) is 81.5. The van der Waals surface area contributed by atoms with Gasteiger partial charge in [-0.25, -0.2) is 0 Å². The van der Waals surface area contributed by atoms with E-state index in [9.17, 15) is 14.4 Å². The first-order valence-corrected chi connectivity index (χ1v) is 30.7. The predicted molar refractivity (Wildman–Crippen MR) is 316 cm³/mol. The topological polar surface area (TPSA) is 78.9 Å². The lowest BCUT2D eigenvalue weighted by atomic mass is 10.0. The molecule has 73 heavy (non-hydrogen) atoms. The maximum atomic E-state index is 12.8. The van der Waals surface area contributed by atoms with E-state index in [1.165, 1.54) is 128 Å². The minimum atomic E-state index is -0.782. The Labute approximate surface area is 451 Å². The number of allylic oxidation sites excluding steroid dienone is 16. The summed E-state index contributed by atoms with van der Waals surface area (Å²) in [6, 6.07) is 0. The molecule has 1 atom stereocenters. The monoisotopic (exact) mass is 1010 g/mol. The number of hydrogen-bond donors (Lipinski definition) is 0. The average Bonchev–Trinajstić information content (AvgIpc) is 3.39. The summed E-state index contributed by atoms with van der Waals surface area (Å²) in [6.45, 7) is 6.38. The zero-order chi connectivity index (χ0) is 52.9. The van der Waals surface area contributed by atoms with Gasteiger partial charge in [0, 0.05) is 19.3 Å². The predicted octanol–water partition coefficient (Wildman–Crippen LogP) is 20.9. The van der Waals surface area contributed by atoms with Gasteiger partial charge >= 0.3 is 17.9 Å². The Kier molecular flexibility index (Phi) is 57.8.